The lowest BCUT2D eigenvalue weighted by Gasteiger charge is -2.20. The molecule has 0 bridgehead atoms. The van der Waals surface area contributed by atoms with Crippen molar-refractivity contribution in [2.75, 3.05) is 0 Å². The molecule has 2 aromatic carbocycles. The number of ether oxygens (including phenoxy) is 1. The van der Waals surface area contributed by atoms with Gasteiger partial charge < -0.3 is 20.5 Å². The van der Waals surface area contributed by atoms with Gasteiger partial charge in [0.05, 0.1) is 6.04 Å². The Morgan fingerprint density at radius 1 is 0.964 bits per heavy atom. The average Bonchev–Trinajstić information content (AvgIpc) is 2.68. The summed E-state index contributed by atoms with van der Waals surface area (Å²) in [5.41, 5.74) is 1.55. The third kappa shape index (κ3) is 6.75. The van der Waals surface area contributed by atoms with Crippen molar-refractivity contribution in [2.45, 2.75) is 39.0 Å². The van der Waals surface area contributed by atoms with Crippen LogP contribution in [0.2, 0.25) is 0 Å². The number of hydrogen-bond acceptors (Lipinski definition) is 5. The maximum atomic E-state index is 12.6. The highest BCUT2D eigenvalue weighted by molar-refractivity contribution is 5.91. The standard InChI is InChI=1S/C21H24N2O5/c1-14(15(2)24)22-20(26)19(12-16-8-10-18(25)11-9-16)23-21(27)28-13-17-6-4-3-5-7-17/h3-11,14,19,25H,12-13H2,1-2H3,(H,22,26)(H,23,27). The molecule has 2 amide bonds. The number of hydrogen-bond donors (Lipinski definition) is 3. The van der Waals surface area contributed by atoms with Crippen molar-refractivity contribution in [1.82, 2.24) is 10.6 Å². The van der Waals surface area contributed by atoms with E-state index in [1.54, 1.807) is 19.1 Å². The van der Waals surface area contributed by atoms with Crippen LogP contribution in [0.25, 0.3) is 0 Å². The summed E-state index contributed by atoms with van der Waals surface area (Å²) in [7, 11) is 0. The minimum atomic E-state index is -0.936. The smallest absolute Gasteiger partial charge is 0.408 e. The van der Waals surface area contributed by atoms with Crippen LogP contribution < -0.4 is 10.6 Å². The van der Waals surface area contributed by atoms with E-state index in [1.807, 2.05) is 30.3 Å². The molecule has 0 aliphatic heterocycles. The molecular formula is C21H24N2O5. The first-order valence-electron chi connectivity index (χ1n) is 8.91. The SMILES string of the molecule is CC(=O)C(C)NC(=O)C(Cc1ccc(O)cc1)NC(=O)OCc1ccccc1. The Kier molecular flexibility index (Phi) is 7.56. The molecule has 0 aliphatic carbocycles. The van der Waals surface area contributed by atoms with Crippen LogP contribution in [0.15, 0.2) is 54.6 Å². The Hall–Kier alpha value is -3.35. The number of phenolic OH excluding ortho intramolecular Hbond substituents is 1. The minimum absolute atomic E-state index is 0.0735. The zero-order valence-electron chi connectivity index (χ0n) is 15.8. The lowest BCUT2D eigenvalue weighted by atomic mass is 10.0. The van der Waals surface area contributed by atoms with Gasteiger partial charge in [-0.15, -0.1) is 0 Å². The lowest BCUT2D eigenvalue weighted by molar-refractivity contribution is -0.127. The summed E-state index contributed by atoms with van der Waals surface area (Å²) in [6.45, 7) is 3.02. The zero-order valence-corrected chi connectivity index (χ0v) is 15.8. The highest BCUT2D eigenvalue weighted by Crippen LogP contribution is 2.12. The van der Waals surface area contributed by atoms with E-state index in [0.29, 0.717) is 0 Å². The molecule has 2 aromatic rings. The molecule has 2 unspecified atom stereocenters. The van der Waals surface area contributed by atoms with Gasteiger partial charge in [-0.3, -0.25) is 9.59 Å². The number of aromatic hydroxyl groups is 1. The number of ketones is 1. The van der Waals surface area contributed by atoms with E-state index >= 15 is 0 Å². The van der Waals surface area contributed by atoms with Crippen LogP contribution in [0.4, 0.5) is 4.79 Å². The van der Waals surface area contributed by atoms with Crippen LogP contribution in [0.1, 0.15) is 25.0 Å². The molecule has 2 atom stereocenters. The summed E-state index contributed by atoms with van der Waals surface area (Å²) in [5.74, 6) is -0.582. The highest BCUT2D eigenvalue weighted by Gasteiger charge is 2.24. The van der Waals surface area contributed by atoms with Crippen LogP contribution in [0.5, 0.6) is 5.75 Å². The second-order valence-electron chi connectivity index (χ2n) is 6.47. The van der Waals surface area contributed by atoms with Gasteiger partial charge in [0.15, 0.2) is 5.78 Å². The van der Waals surface area contributed by atoms with E-state index < -0.39 is 24.1 Å². The third-order valence-corrected chi connectivity index (χ3v) is 4.17. The molecule has 0 heterocycles. The molecule has 148 valence electrons. The molecule has 28 heavy (non-hydrogen) atoms. The quantitative estimate of drug-likeness (QED) is 0.648. The molecule has 0 aliphatic rings. The number of alkyl carbamates (subject to hydrolysis) is 1. The fourth-order valence-electron chi connectivity index (χ4n) is 2.40. The van der Waals surface area contributed by atoms with E-state index in [1.165, 1.54) is 19.1 Å². The third-order valence-electron chi connectivity index (χ3n) is 4.17. The van der Waals surface area contributed by atoms with Crippen molar-refractivity contribution < 1.29 is 24.2 Å². The second-order valence-corrected chi connectivity index (χ2v) is 6.47. The Morgan fingerprint density at radius 2 is 1.61 bits per heavy atom. The number of carbonyl (C=O) groups is 3. The molecule has 0 aromatic heterocycles. The molecule has 0 fully saturated rings. The van der Waals surface area contributed by atoms with E-state index in [4.69, 9.17) is 4.74 Å². The van der Waals surface area contributed by atoms with E-state index in [2.05, 4.69) is 10.6 Å². The van der Waals surface area contributed by atoms with Crippen molar-refractivity contribution in [3.8, 4) is 5.75 Å². The Balaban J connectivity index is 2.03. The predicted molar refractivity (Wildman–Crippen MR) is 104 cm³/mol. The molecule has 0 saturated heterocycles. The van der Waals surface area contributed by atoms with Crippen LogP contribution >= 0.6 is 0 Å². The summed E-state index contributed by atoms with van der Waals surface area (Å²) < 4.78 is 5.18. The summed E-state index contributed by atoms with van der Waals surface area (Å²) in [6.07, 6.45) is -0.560. The highest BCUT2D eigenvalue weighted by atomic mass is 16.5. The van der Waals surface area contributed by atoms with Gasteiger partial charge in [0, 0.05) is 6.42 Å². The largest absolute Gasteiger partial charge is 0.508 e. The van der Waals surface area contributed by atoms with Gasteiger partial charge in [-0.25, -0.2) is 4.79 Å². The van der Waals surface area contributed by atoms with E-state index in [-0.39, 0.29) is 24.6 Å². The van der Waals surface area contributed by atoms with Gasteiger partial charge in [-0.2, -0.15) is 0 Å². The molecule has 7 heteroatoms. The summed E-state index contributed by atoms with van der Waals surface area (Å²) in [5, 5.41) is 14.5. The fourth-order valence-corrected chi connectivity index (χ4v) is 2.40. The zero-order chi connectivity index (χ0) is 20.5. The van der Waals surface area contributed by atoms with Crippen molar-refractivity contribution in [3.05, 3.63) is 65.7 Å². The molecule has 3 N–H and O–H groups in total. The molecular weight excluding hydrogens is 360 g/mol. The number of amides is 2. The minimum Gasteiger partial charge on any atom is -0.508 e. The van der Waals surface area contributed by atoms with E-state index in [0.717, 1.165) is 11.1 Å². The number of Topliss-reactive ketones (excluding diaryl/α,β-unsaturated/α-hetero) is 1. The van der Waals surface area contributed by atoms with Crippen LogP contribution in [0, 0.1) is 0 Å². The average molecular weight is 384 g/mol. The van der Waals surface area contributed by atoms with Crippen LogP contribution in [-0.2, 0) is 27.4 Å². The van der Waals surface area contributed by atoms with Crippen molar-refractivity contribution in [1.29, 1.82) is 0 Å². The van der Waals surface area contributed by atoms with Crippen molar-refractivity contribution in [2.24, 2.45) is 0 Å². The molecule has 0 saturated carbocycles. The lowest BCUT2D eigenvalue weighted by Crippen LogP contribution is -2.51. The Labute approximate surface area is 163 Å². The Bertz CT molecular complexity index is 805. The first-order valence-corrected chi connectivity index (χ1v) is 8.91. The van der Waals surface area contributed by atoms with E-state index in [9.17, 15) is 19.5 Å². The fraction of sp³-hybridized carbons (Fsp3) is 0.286. The van der Waals surface area contributed by atoms with Gasteiger partial charge in [-0.1, -0.05) is 42.5 Å². The second kappa shape index (κ2) is 10.1. The maximum absolute atomic E-state index is 12.6. The van der Waals surface area contributed by atoms with Gasteiger partial charge >= 0.3 is 6.09 Å². The van der Waals surface area contributed by atoms with Crippen molar-refractivity contribution >= 4 is 17.8 Å². The number of nitrogens with one attached hydrogen (secondary N) is 2. The molecule has 0 radical (unpaired) electrons. The van der Waals surface area contributed by atoms with Gasteiger partial charge in [0.2, 0.25) is 5.91 Å². The topological polar surface area (TPSA) is 105 Å². The maximum Gasteiger partial charge on any atom is 0.408 e. The number of benzene rings is 2. The number of phenols is 1. The molecule has 2 rings (SSSR count). The molecule has 7 nitrogen and oxygen atoms in total. The summed E-state index contributed by atoms with van der Waals surface area (Å²) >= 11 is 0. The normalized spacial score (nSPS) is 12.5. The Morgan fingerprint density at radius 3 is 2.21 bits per heavy atom. The van der Waals surface area contributed by atoms with Gasteiger partial charge in [-0.05, 0) is 37.1 Å². The van der Waals surface area contributed by atoms with Gasteiger partial charge in [0.25, 0.3) is 0 Å². The van der Waals surface area contributed by atoms with Gasteiger partial charge in [0.1, 0.15) is 18.4 Å². The molecule has 0 spiro atoms. The predicted octanol–water partition coefficient (Wildman–Crippen LogP) is 2.32. The first kappa shape index (κ1) is 21.0. The first-order chi connectivity index (χ1) is 13.3. The summed E-state index contributed by atoms with van der Waals surface area (Å²) in [6, 6.07) is 13.9. The van der Waals surface area contributed by atoms with Crippen LogP contribution in [0.3, 0.4) is 0 Å². The number of carbonyl (C=O) groups excluding carboxylic acids is 3. The summed E-state index contributed by atoms with van der Waals surface area (Å²) in [4.78, 5) is 36.2. The van der Waals surface area contributed by atoms with Crippen LogP contribution in [-0.4, -0.2) is 35.0 Å². The number of rotatable bonds is 8. The monoisotopic (exact) mass is 384 g/mol. The van der Waals surface area contributed by atoms with Crippen molar-refractivity contribution in [3.63, 3.8) is 0 Å².